The van der Waals surface area contributed by atoms with E-state index in [1.54, 1.807) is 48.8 Å². The zero-order chi connectivity index (χ0) is 15.9. The fourth-order valence-corrected chi connectivity index (χ4v) is 2.08. The Morgan fingerprint density at radius 2 is 1.17 bits per heavy atom. The molecule has 23 heavy (non-hydrogen) atoms. The number of rotatable bonds is 5. The maximum atomic E-state index is 7.73. The van der Waals surface area contributed by atoms with Gasteiger partial charge < -0.3 is 10.2 Å². The SMILES string of the molecule is [Mn+3].[OH2+]c1ccc(Cl)cc1C=NCCN=Cc1cc(Cl)ccc1[OH2+]. The molecule has 0 aromatic heterocycles. The summed E-state index contributed by atoms with van der Waals surface area (Å²) in [6.07, 6.45) is 3.25. The molecule has 0 saturated carbocycles. The van der Waals surface area contributed by atoms with Crippen molar-refractivity contribution in [2.24, 2.45) is 9.98 Å². The van der Waals surface area contributed by atoms with E-state index in [0.717, 1.165) is 0 Å². The molecule has 0 spiro atoms. The van der Waals surface area contributed by atoms with Crippen LogP contribution >= 0.6 is 23.2 Å². The summed E-state index contributed by atoms with van der Waals surface area (Å²) in [5, 5.41) is 16.6. The third-order valence-corrected chi connectivity index (χ3v) is 3.32. The molecule has 0 atom stereocenters. The van der Waals surface area contributed by atoms with Crippen LogP contribution in [0.15, 0.2) is 46.4 Å². The van der Waals surface area contributed by atoms with Crippen LogP contribution in [-0.2, 0) is 17.1 Å². The van der Waals surface area contributed by atoms with Gasteiger partial charge in [0, 0.05) is 34.6 Å². The maximum absolute atomic E-state index is 7.73. The maximum Gasteiger partial charge on any atom is 3.00 e. The van der Waals surface area contributed by atoms with Gasteiger partial charge in [0.2, 0.25) is 0 Å². The standard InChI is InChI=1S/C16H14Cl2N2O2.Mn/c17-13-1-3-15(21)11(7-13)9-19-5-6-20-10-12-8-14(18)2-4-16(12)22;/h1-4,7-10,21-22H,5-6H2;/q;+3/p+2. The van der Waals surface area contributed by atoms with E-state index in [4.69, 9.17) is 33.4 Å². The Kier molecular flexibility index (Phi) is 8.13. The predicted octanol–water partition coefficient (Wildman–Crippen LogP) is 3.40. The summed E-state index contributed by atoms with van der Waals surface area (Å²) < 4.78 is 0. The number of hydrogen-bond donors (Lipinski definition) is 0. The molecule has 2 rings (SSSR count). The average Bonchev–Trinajstić information content (AvgIpc) is 2.49. The van der Waals surface area contributed by atoms with Gasteiger partial charge in [0.1, 0.15) is 0 Å². The molecule has 0 aliphatic carbocycles. The first kappa shape index (κ1) is 19.5. The number of halogens is 2. The van der Waals surface area contributed by atoms with Gasteiger partial charge >= 0.3 is 17.1 Å². The minimum Gasteiger partial charge on any atom is -0.593 e. The number of benzene rings is 2. The van der Waals surface area contributed by atoms with Gasteiger partial charge in [-0.15, -0.1) is 0 Å². The van der Waals surface area contributed by atoms with Crippen molar-refractivity contribution < 1.29 is 27.3 Å². The molecule has 0 amide bonds. The van der Waals surface area contributed by atoms with Crippen molar-refractivity contribution in [3.8, 4) is 11.5 Å². The topological polar surface area (TPSA) is 70.5 Å². The van der Waals surface area contributed by atoms with Gasteiger partial charge in [0.25, 0.3) is 11.5 Å². The predicted molar refractivity (Wildman–Crippen MR) is 93.9 cm³/mol. The van der Waals surface area contributed by atoms with Crippen molar-refractivity contribution in [1.29, 1.82) is 0 Å². The largest absolute Gasteiger partial charge is 3.00 e. The smallest absolute Gasteiger partial charge is 0.593 e. The van der Waals surface area contributed by atoms with Gasteiger partial charge in [-0.05, 0) is 24.3 Å². The molecule has 0 unspecified atom stereocenters. The fraction of sp³-hybridized carbons (Fsp3) is 0.125. The van der Waals surface area contributed by atoms with E-state index in [1.807, 2.05) is 0 Å². The Hall–Kier alpha value is -1.52. The second-order valence-corrected chi connectivity index (χ2v) is 5.41. The summed E-state index contributed by atoms with van der Waals surface area (Å²) in [7, 11) is 0. The van der Waals surface area contributed by atoms with Crippen LogP contribution in [0.3, 0.4) is 0 Å². The first-order valence-electron chi connectivity index (χ1n) is 6.58. The molecule has 4 N–H and O–H groups in total. The van der Waals surface area contributed by atoms with E-state index in [-0.39, 0.29) is 17.1 Å². The molecule has 4 nitrogen and oxygen atoms in total. The van der Waals surface area contributed by atoms with Gasteiger partial charge in [-0.25, -0.2) is 0 Å². The molecule has 0 aliphatic heterocycles. The molecular formula is C16H16Cl2MnN2O2+5. The molecule has 0 heterocycles. The van der Waals surface area contributed by atoms with Gasteiger partial charge in [-0.2, -0.15) is 0 Å². The molecule has 118 valence electrons. The quantitative estimate of drug-likeness (QED) is 0.323. The van der Waals surface area contributed by atoms with Gasteiger partial charge in [-0.1, -0.05) is 23.2 Å². The van der Waals surface area contributed by atoms with Crippen LogP contribution in [-0.4, -0.2) is 35.7 Å². The van der Waals surface area contributed by atoms with E-state index in [0.29, 0.717) is 45.8 Å². The Morgan fingerprint density at radius 3 is 1.57 bits per heavy atom. The van der Waals surface area contributed by atoms with E-state index in [9.17, 15) is 0 Å². The summed E-state index contributed by atoms with van der Waals surface area (Å²) in [6, 6.07) is 10.0. The van der Waals surface area contributed by atoms with Crippen LogP contribution in [0.25, 0.3) is 0 Å². The van der Waals surface area contributed by atoms with Gasteiger partial charge in [0.15, 0.2) is 0 Å². The monoisotopic (exact) mass is 393 g/mol. The Balaban J connectivity index is 0.00000264. The van der Waals surface area contributed by atoms with Crippen molar-refractivity contribution in [3.63, 3.8) is 0 Å². The van der Waals surface area contributed by atoms with Gasteiger partial charge in [-0.3, -0.25) is 9.98 Å². The minimum atomic E-state index is 0. The Bertz CT molecular complexity index is 660. The number of hydrogen-bond acceptors (Lipinski definition) is 2. The normalized spacial score (nSPS) is 11.0. The van der Waals surface area contributed by atoms with Crippen LogP contribution in [0.2, 0.25) is 10.0 Å². The molecule has 7 heteroatoms. The second-order valence-electron chi connectivity index (χ2n) is 4.53. The van der Waals surface area contributed by atoms with Crippen LogP contribution < -0.4 is 0 Å². The number of nitrogens with zero attached hydrogens (tertiary/aromatic N) is 2. The van der Waals surface area contributed by atoms with Crippen LogP contribution in [0.5, 0.6) is 11.5 Å². The zero-order valence-corrected chi connectivity index (χ0v) is 14.8. The van der Waals surface area contributed by atoms with E-state index < -0.39 is 0 Å². The van der Waals surface area contributed by atoms with Crippen LogP contribution in [0, 0.1) is 0 Å². The Morgan fingerprint density at radius 1 is 0.783 bits per heavy atom. The minimum absolute atomic E-state index is 0. The van der Waals surface area contributed by atoms with Crippen molar-refractivity contribution in [3.05, 3.63) is 57.6 Å². The number of aliphatic imine (C=N–C) groups is 2. The van der Waals surface area contributed by atoms with Gasteiger partial charge in [0.05, 0.1) is 24.2 Å². The third kappa shape index (κ3) is 6.24. The van der Waals surface area contributed by atoms with Crippen LogP contribution in [0.1, 0.15) is 11.1 Å². The Labute approximate surface area is 155 Å². The first-order valence-corrected chi connectivity index (χ1v) is 7.34. The second kappa shape index (κ2) is 9.58. The van der Waals surface area contributed by atoms with Crippen molar-refractivity contribution in [2.45, 2.75) is 0 Å². The summed E-state index contributed by atoms with van der Waals surface area (Å²) >= 11 is 11.8. The summed E-state index contributed by atoms with van der Waals surface area (Å²) in [5.74, 6) is 0.767. The molecular weight excluding hydrogens is 378 g/mol. The van der Waals surface area contributed by atoms with Crippen molar-refractivity contribution in [2.75, 3.05) is 13.1 Å². The summed E-state index contributed by atoms with van der Waals surface area (Å²) in [5.41, 5.74) is 1.36. The van der Waals surface area contributed by atoms with E-state index in [1.165, 1.54) is 0 Å². The van der Waals surface area contributed by atoms with Crippen molar-refractivity contribution >= 4 is 35.6 Å². The zero-order valence-electron chi connectivity index (χ0n) is 12.1. The molecule has 2 aromatic carbocycles. The molecule has 0 bridgehead atoms. The molecule has 0 radical (unpaired) electrons. The molecule has 2 aromatic rings. The molecule has 0 saturated heterocycles. The van der Waals surface area contributed by atoms with Crippen LogP contribution in [0.4, 0.5) is 0 Å². The first-order chi connectivity index (χ1) is 10.6. The third-order valence-electron chi connectivity index (χ3n) is 2.85. The molecule has 0 fully saturated rings. The fourth-order valence-electron chi connectivity index (χ4n) is 1.72. The van der Waals surface area contributed by atoms with Crippen molar-refractivity contribution in [1.82, 2.24) is 0 Å². The average molecular weight is 394 g/mol. The van der Waals surface area contributed by atoms with E-state index in [2.05, 4.69) is 9.98 Å². The summed E-state index contributed by atoms with van der Waals surface area (Å²) in [4.78, 5) is 8.45. The van der Waals surface area contributed by atoms with E-state index >= 15 is 0 Å². The summed E-state index contributed by atoms with van der Waals surface area (Å²) in [6.45, 7) is 0.993. The molecule has 0 aliphatic rings.